The molecule has 0 amide bonds. The molecule has 188 valence electrons. The topological polar surface area (TPSA) is 145 Å². The number of hydrogen-bond donors (Lipinski definition) is 3. The average Bonchev–Trinajstić information content (AvgIpc) is 3.53. The van der Waals surface area contributed by atoms with Crippen LogP contribution < -0.4 is 5.32 Å². The monoisotopic (exact) mass is 504 g/mol. The second kappa shape index (κ2) is 8.92. The molecule has 0 aliphatic heterocycles. The van der Waals surface area contributed by atoms with Crippen molar-refractivity contribution in [1.29, 1.82) is 5.26 Å². The third kappa shape index (κ3) is 3.96. The van der Waals surface area contributed by atoms with Crippen molar-refractivity contribution in [3.63, 3.8) is 0 Å². The maximum Gasteiger partial charge on any atom is 0.308 e. The first kappa shape index (κ1) is 23.0. The van der Waals surface area contributed by atoms with Crippen LogP contribution in [-0.4, -0.2) is 46.8 Å². The number of nitrogens with one attached hydrogen (secondary N) is 2. The van der Waals surface area contributed by atoms with Gasteiger partial charge >= 0.3 is 5.97 Å². The minimum absolute atomic E-state index is 0.0238. The number of carboxylic acids is 1. The summed E-state index contributed by atoms with van der Waals surface area (Å²) in [5, 5.41) is 26.6. The van der Waals surface area contributed by atoms with E-state index in [1.807, 2.05) is 6.07 Å². The van der Waals surface area contributed by atoms with Gasteiger partial charge in [0.25, 0.3) is 0 Å². The fourth-order valence-corrected chi connectivity index (χ4v) is 5.83. The van der Waals surface area contributed by atoms with Crippen LogP contribution >= 0.6 is 0 Å². The molecule has 3 N–H and O–H groups in total. The maximum absolute atomic E-state index is 16.0. The second-order valence-corrected chi connectivity index (χ2v) is 9.60. The van der Waals surface area contributed by atoms with Crippen LogP contribution in [0.25, 0.3) is 33.7 Å². The predicted molar refractivity (Wildman–Crippen MR) is 128 cm³/mol. The van der Waals surface area contributed by atoms with E-state index in [9.17, 15) is 14.3 Å². The Kier molecular flexibility index (Phi) is 5.55. The highest BCUT2D eigenvalue weighted by molar-refractivity contribution is 5.92. The van der Waals surface area contributed by atoms with E-state index in [1.165, 1.54) is 23.1 Å². The third-order valence-corrected chi connectivity index (χ3v) is 7.54. The molecular weight excluding hydrogens is 482 g/mol. The van der Waals surface area contributed by atoms with Gasteiger partial charge in [0, 0.05) is 34.9 Å². The first-order chi connectivity index (χ1) is 17.9. The Morgan fingerprint density at radius 1 is 1.22 bits per heavy atom. The highest BCUT2D eigenvalue weighted by Gasteiger charge is 2.47. The van der Waals surface area contributed by atoms with Crippen molar-refractivity contribution in [3.05, 3.63) is 42.5 Å². The molecule has 7 rings (SSSR count). The zero-order valence-electron chi connectivity index (χ0n) is 19.5. The molecule has 37 heavy (non-hydrogen) atoms. The summed E-state index contributed by atoms with van der Waals surface area (Å²) >= 11 is 0. The summed E-state index contributed by atoms with van der Waals surface area (Å²) in [5.41, 5.74) is 1.08. The Morgan fingerprint density at radius 3 is 2.76 bits per heavy atom. The van der Waals surface area contributed by atoms with E-state index in [-0.39, 0.29) is 35.7 Å². The number of halogens is 2. The molecule has 4 aromatic heterocycles. The number of fused-ring (bicyclic) bond motifs is 4. The summed E-state index contributed by atoms with van der Waals surface area (Å²) in [7, 11) is 0. The van der Waals surface area contributed by atoms with E-state index in [0.717, 1.165) is 31.9 Å². The highest BCUT2D eigenvalue weighted by Crippen LogP contribution is 2.46. The molecule has 0 radical (unpaired) electrons. The van der Waals surface area contributed by atoms with Crippen molar-refractivity contribution in [3.8, 4) is 28.7 Å². The van der Waals surface area contributed by atoms with Crippen LogP contribution in [-0.2, 0) is 11.3 Å². The first-order valence-electron chi connectivity index (χ1n) is 12.0. The molecule has 0 unspecified atom stereocenters. The molecule has 3 saturated carbocycles. The number of nitriles is 1. The number of aromatic amines is 1. The zero-order valence-corrected chi connectivity index (χ0v) is 19.5. The van der Waals surface area contributed by atoms with E-state index < -0.39 is 29.6 Å². The van der Waals surface area contributed by atoms with E-state index in [4.69, 9.17) is 5.26 Å². The lowest BCUT2D eigenvalue weighted by Gasteiger charge is -2.47. The summed E-state index contributed by atoms with van der Waals surface area (Å²) < 4.78 is 31.3. The van der Waals surface area contributed by atoms with Gasteiger partial charge in [0.1, 0.15) is 23.7 Å². The molecule has 0 spiro atoms. The fraction of sp³-hybridized carbons (Fsp3) is 0.360. The number of H-pyrrole nitrogens is 1. The van der Waals surface area contributed by atoms with Gasteiger partial charge < -0.3 is 15.4 Å². The quantitative estimate of drug-likeness (QED) is 0.357. The lowest BCUT2D eigenvalue weighted by molar-refractivity contribution is -0.148. The molecule has 3 aliphatic carbocycles. The van der Waals surface area contributed by atoms with E-state index in [2.05, 4.69) is 30.4 Å². The fourth-order valence-electron chi connectivity index (χ4n) is 5.83. The number of carbonyl (C=O) groups is 1. The van der Waals surface area contributed by atoms with Crippen LogP contribution in [0.5, 0.6) is 0 Å². The van der Waals surface area contributed by atoms with E-state index >= 15 is 4.39 Å². The SMILES string of the molecule is N#CCn1cc(-c2nc(-c3c[nH]c4ncc(F)cc34)nc(N[C@H]3C4CCC(CC4)[C@@H]3C(=O)O)c2F)cn1. The van der Waals surface area contributed by atoms with Crippen LogP contribution in [0.3, 0.4) is 0 Å². The van der Waals surface area contributed by atoms with Crippen LogP contribution in [0, 0.1) is 40.7 Å². The molecule has 2 atom stereocenters. The Bertz CT molecular complexity index is 1550. The van der Waals surface area contributed by atoms with Crippen LogP contribution in [0.15, 0.2) is 30.9 Å². The normalized spacial score (nSPS) is 22.7. The van der Waals surface area contributed by atoms with Crippen LogP contribution in [0.4, 0.5) is 14.6 Å². The molecular formula is C25H22F2N8O2. The lowest BCUT2D eigenvalue weighted by Crippen LogP contribution is -2.51. The van der Waals surface area contributed by atoms with Crippen molar-refractivity contribution in [2.24, 2.45) is 17.8 Å². The molecule has 4 aromatic rings. The Balaban J connectivity index is 1.49. The minimum atomic E-state index is -0.905. The van der Waals surface area contributed by atoms with Gasteiger partial charge in [-0.25, -0.2) is 23.7 Å². The Labute approximate surface area is 209 Å². The summed E-state index contributed by atoms with van der Waals surface area (Å²) in [6.07, 6.45) is 8.97. The number of pyridine rings is 1. The molecule has 4 heterocycles. The molecule has 3 aliphatic rings. The van der Waals surface area contributed by atoms with Gasteiger partial charge in [-0.3, -0.25) is 9.48 Å². The number of anilines is 1. The summed E-state index contributed by atoms with van der Waals surface area (Å²) in [5.74, 6) is -2.78. The summed E-state index contributed by atoms with van der Waals surface area (Å²) in [6.45, 7) is -0.0243. The van der Waals surface area contributed by atoms with Crippen molar-refractivity contribution >= 4 is 22.8 Å². The van der Waals surface area contributed by atoms with Gasteiger partial charge in [0.2, 0.25) is 0 Å². The average molecular weight is 505 g/mol. The molecule has 0 aromatic carbocycles. The van der Waals surface area contributed by atoms with Gasteiger partial charge in [0.15, 0.2) is 17.5 Å². The molecule has 12 heteroatoms. The molecule has 3 fully saturated rings. The van der Waals surface area contributed by atoms with Crippen molar-refractivity contribution in [2.45, 2.75) is 38.3 Å². The van der Waals surface area contributed by atoms with Gasteiger partial charge in [0.05, 0.1) is 24.4 Å². The lowest BCUT2D eigenvalue weighted by atomic mass is 9.61. The highest BCUT2D eigenvalue weighted by atomic mass is 19.1. The molecule has 0 saturated heterocycles. The first-order valence-corrected chi connectivity index (χ1v) is 12.0. The van der Waals surface area contributed by atoms with Gasteiger partial charge in [-0.1, -0.05) is 0 Å². The number of aliphatic carboxylic acids is 1. The van der Waals surface area contributed by atoms with E-state index in [1.54, 1.807) is 6.20 Å². The molecule has 10 nitrogen and oxygen atoms in total. The Hall–Kier alpha value is -4.40. The van der Waals surface area contributed by atoms with Crippen molar-refractivity contribution < 1.29 is 18.7 Å². The van der Waals surface area contributed by atoms with Gasteiger partial charge in [-0.05, 0) is 43.6 Å². The largest absolute Gasteiger partial charge is 0.481 e. The summed E-state index contributed by atoms with van der Waals surface area (Å²) in [6, 6.07) is 2.78. The third-order valence-electron chi connectivity index (χ3n) is 7.54. The maximum atomic E-state index is 16.0. The van der Waals surface area contributed by atoms with E-state index in [0.29, 0.717) is 22.2 Å². The predicted octanol–water partition coefficient (Wildman–Crippen LogP) is 3.99. The number of nitrogens with zero attached hydrogens (tertiary/aromatic N) is 6. The minimum Gasteiger partial charge on any atom is -0.481 e. The molecule has 2 bridgehead atoms. The number of carboxylic acid groups (broad SMARTS) is 1. The summed E-state index contributed by atoms with van der Waals surface area (Å²) in [4.78, 5) is 28.1. The number of hydrogen-bond acceptors (Lipinski definition) is 7. The Morgan fingerprint density at radius 2 is 2.00 bits per heavy atom. The van der Waals surface area contributed by atoms with Gasteiger partial charge in [-0.15, -0.1) is 0 Å². The number of aromatic nitrogens is 6. The van der Waals surface area contributed by atoms with Gasteiger partial charge in [-0.2, -0.15) is 10.4 Å². The van der Waals surface area contributed by atoms with Crippen molar-refractivity contribution in [1.82, 2.24) is 29.7 Å². The number of rotatable bonds is 6. The van der Waals surface area contributed by atoms with Crippen LogP contribution in [0.2, 0.25) is 0 Å². The standard InChI is InChI=1S/C25H22F2N8O2/c26-15-7-16-17(10-30-22(16)29-9-15)23-33-21(14-8-31-35(11-14)6-5-28)19(27)24(34-23)32-20-13-3-1-12(2-4-13)18(20)25(36)37/h7-13,18,20H,1-4,6H2,(H,29,30)(H,36,37)(H,32,33,34)/t12?,13?,18-,20-/m0/s1. The second-order valence-electron chi connectivity index (χ2n) is 9.60. The zero-order chi connectivity index (χ0) is 25.7. The smallest absolute Gasteiger partial charge is 0.308 e. The van der Waals surface area contributed by atoms with Crippen molar-refractivity contribution in [2.75, 3.05) is 5.32 Å². The van der Waals surface area contributed by atoms with Crippen LogP contribution in [0.1, 0.15) is 25.7 Å².